The van der Waals surface area contributed by atoms with Crippen LogP contribution in [0, 0.1) is 23.3 Å². The normalized spacial score (nSPS) is 11.6. The number of halogens is 5. The van der Waals surface area contributed by atoms with E-state index in [0.717, 1.165) is 109 Å². The van der Waals surface area contributed by atoms with Gasteiger partial charge in [-0.25, -0.2) is 52.4 Å². The van der Waals surface area contributed by atoms with Crippen molar-refractivity contribution in [3.8, 4) is 102 Å². The Bertz CT molecular complexity index is 6640. The summed E-state index contributed by atoms with van der Waals surface area (Å²) >= 11 is 5.99. The van der Waals surface area contributed by atoms with Gasteiger partial charge >= 0.3 is 58.5 Å². The van der Waals surface area contributed by atoms with Gasteiger partial charge < -0.3 is 24.3 Å². The summed E-state index contributed by atoms with van der Waals surface area (Å²) in [4.78, 5) is 42.0. The van der Waals surface area contributed by atoms with Gasteiger partial charge in [-0.15, -0.1) is 5.60 Å². The van der Waals surface area contributed by atoms with Crippen LogP contribution in [0.5, 0.6) is 0 Å². The standard InChI is InChI=1S/C61H61N5.C21H13F2N3.C15H10ClN3.C6H5BF2O2.C4H9O.K/c1-58(2,3)40-23-28-50-45(33-40)46-34-41(59(4,5)6)24-29-51(46)65(50)44-27-32-54(49(37-44)57-63-55(38-19-15-13-16-20-38)62-56(64-57)39-21-17-14-18-22-39)66-52-30-25-42(60(7,8)9)35-47(52)48-36-43(61(10,11)12)26-31-53(48)66;22-16-11-12-18(23)17(13-16)21-25-19(14-7-3-1-4-8-14)24-20(26-21)15-9-5-2-6-10-15;16-15-18-13(11-7-3-1-4-8-11)17-14(19-15)12-9-5-2-6-10-12;8-4-1-2-6(9)5(3-4)7(10)11;1-4(2,3)5;/h13-37H,1-12H3;1-13H;1-10H;1-3,10-11H;1-3H3;/q;;;;-1;+1. The predicted molar refractivity (Wildman–Crippen MR) is 507 cm³/mol. The number of rotatable bonds is 11. The van der Waals surface area contributed by atoms with Gasteiger partial charge in [0.1, 0.15) is 23.3 Å². The third-order valence-corrected chi connectivity index (χ3v) is 21.4. The largest absolute Gasteiger partial charge is 1.00 e. The first-order valence-corrected chi connectivity index (χ1v) is 42.3. The summed E-state index contributed by atoms with van der Waals surface area (Å²) in [6.07, 6.45) is 0. The molecule has 18 rings (SSSR count). The van der Waals surface area contributed by atoms with Crippen molar-refractivity contribution < 1.29 is 84.1 Å². The Labute approximate surface area is 792 Å². The number of hydrogen-bond donors (Lipinski definition) is 2. The molecule has 14 nitrogen and oxygen atoms in total. The van der Waals surface area contributed by atoms with E-state index in [2.05, 4.69) is 237 Å². The molecular weight excluding hydrogens is 1650 g/mol. The van der Waals surface area contributed by atoms with Crippen LogP contribution in [0.2, 0.25) is 5.28 Å². The van der Waals surface area contributed by atoms with Gasteiger partial charge in [0.05, 0.1) is 33.3 Å². The van der Waals surface area contributed by atoms with Gasteiger partial charge in [0.25, 0.3) is 0 Å². The molecule has 18 aromatic rings. The molecule has 0 saturated carbocycles. The average molecular weight is 1750 g/mol. The molecule has 13 aromatic carbocycles. The second-order valence-corrected chi connectivity index (χ2v) is 36.5. The van der Waals surface area contributed by atoms with Crippen molar-refractivity contribution in [2.45, 2.75) is 131 Å². The number of benzene rings is 13. The van der Waals surface area contributed by atoms with E-state index >= 15 is 0 Å². The van der Waals surface area contributed by atoms with Gasteiger partial charge in [0.15, 0.2) is 46.6 Å². The average Bonchev–Trinajstić information content (AvgIpc) is 1.75. The van der Waals surface area contributed by atoms with E-state index in [1.807, 2.05) is 158 Å². The summed E-state index contributed by atoms with van der Waals surface area (Å²) in [7, 11) is -1.97. The van der Waals surface area contributed by atoms with Gasteiger partial charge in [0, 0.05) is 71.6 Å². The van der Waals surface area contributed by atoms with Crippen LogP contribution in [0.4, 0.5) is 17.6 Å². The van der Waals surface area contributed by atoms with E-state index in [1.54, 1.807) is 20.8 Å². The minimum absolute atomic E-state index is 0. The molecule has 0 radical (unpaired) electrons. The maximum absolute atomic E-state index is 14.3. The van der Waals surface area contributed by atoms with Crippen molar-refractivity contribution in [3.05, 3.63) is 360 Å². The molecule has 21 heteroatoms. The number of fused-ring (bicyclic) bond motifs is 6. The van der Waals surface area contributed by atoms with Crippen molar-refractivity contribution in [1.29, 1.82) is 0 Å². The topological polar surface area (TPSA) is 189 Å². The molecule has 2 N–H and O–H groups in total. The summed E-state index contributed by atoms with van der Waals surface area (Å²) in [6.45, 7) is 32.4. The second kappa shape index (κ2) is 39.4. The van der Waals surface area contributed by atoms with Crippen LogP contribution in [-0.4, -0.2) is 76.8 Å². The molecule has 0 saturated heterocycles. The Morgan fingerprint density at radius 3 is 0.844 bits per heavy atom. The van der Waals surface area contributed by atoms with Crippen LogP contribution in [-0.2, 0) is 21.7 Å². The minimum atomic E-state index is -1.97. The quantitative estimate of drug-likeness (QED) is 0.0922. The van der Waals surface area contributed by atoms with E-state index in [9.17, 15) is 22.7 Å². The fourth-order valence-corrected chi connectivity index (χ4v) is 14.7. The Morgan fingerprint density at radius 1 is 0.289 bits per heavy atom. The third kappa shape index (κ3) is 22.4. The van der Waals surface area contributed by atoms with Crippen LogP contribution < -0.4 is 62.0 Å². The van der Waals surface area contributed by atoms with Crippen LogP contribution in [0.25, 0.3) is 146 Å². The molecule has 0 aliphatic carbocycles. The van der Waals surface area contributed by atoms with Gasteiger partial charge in [0.2, 0.25) is 5.28 Å². The number of aromatic nitrogens is 11. The van der Waals surface area contributed by atoms with E-state index in [1.165, 1.54) is 43.8 Å². The van der Waals surface area contributed by atoms with E-state index in [0.29, 0.717) is 40.8 Å². The van der Waals surface area contributed by atoms with Gasteiger partial charge in [-0.05, 0) is 159 Å². The van der Waals surface area contributed by atoms with Crippen LogP contribution in [0.15, 0.2) is 309 Å². The van der Waals surface area contributed by atoms with Gasteiger partial charge in [-0.2, -0.15) is 9.97 Å². The molecule has 0 aliphatic rings. The van der Waals surface area contributed by atoms with Crippen LogP contribution in [0.1, 0.15) is 126 Å². The molecule has 5 aromatic heterocycles. The zero-order chi connectivity index (χ0) is 90.4. The maximum Gasteiger partial charge on any atom is 1.00 e. The zero-order valence-electron chi connectivity index (χ0n) is 74.6. The Kier molecular flexibility index (Phi) is 28.8. The summed E-state index contributed by atoms with van der Waals surface area (Å²) < 4.78 is 57.6. The Hall–Kier alpha value is -11.9. The molecule has 128 heavy (non-hydrogen) atoms. The van der Waals surface area contributed by atoms with Crippen molar-refractivity contribution in [3.63, 3.8) is 0 Å². The minimum Gasteiger partial charge on any atom is -0.850 e. The number of hydrogen-bond acceptors (Lipinski definition) is 12. The van der Waals surface area contributed by atoms with Crippen LogP contribution >= 0.6 is 11.6 Å². The van der Waals surface area contributed by atoms with Crippen molar-refractivity contribution in [2.24, 2.45) is 0 Å². The summed E-state index contributed by atoms with van der Waals surface area (Å²) in [5.41, 5.74) is 16.8. The summed E-state index contributed by atoms with van der Waals surface area (Å²) in [6, 6.07) is 99.3. The Balaban J connectivity index is 0.000000181. The monoisotopic (exact) mass is 1750 g/mol. The zero-order valence-corrected chi connectivity index (χ0v) is 78.5. The molecule has 0 fully saturated rings. The molecule has 0 bridgehead atoms. The smallest absolute Gasteiger partial charge is 0.850 e. The molecule has 0 atom stereocenters. The van der Waals surface area contributed by atoms with E-state index in [4.69, 9.17) is 36.6 Å². The molecule has 0 aliphatic heterocycles. The van der Waals surface area contributed by atoms with E-state index < -0.39 is 41.5 Å². The molecule has 0 spiro atoms. The second-order valence-electron chi connectivity index (χ2n) is 36.1. The molecular formula is C107H98BClF4KN11O3. The summed E-state index contributed by atoms with van der Waals surface area (Å²) in [5, 5.41) is 32.2. The maximum atomic E-state index is 14.3. The first-order valence-electron chi connectivity index (χ1n) is 42.0. The van der Waals surface area contributed by atoms with Gasteiger partial charge in [-0.1, -0.05) is 310 Å². The first-order chi connectivity index (χ1) is 60.4. The first kappa shape index (κ1) is 93.7. The van der Waals surface area contributed by atoms with Crippen molar-refractivity contribution >= 4 is 67.8 Å². The molecule has 5 heterocycles. The van der Waals surface area contributed by atoms with E-state index in [-0.39, 0.29) is 89.7 Å². The molecule has 0 amide bonds. The Morgan fingerprint density at radius 2 is 0.555 bits per heavy atom. The SMILES string of the molecule is CC(C)(C)[O-].CC(C)(C)c1ccc2c(c1)c1cc(C(C)(C)C)ccc1n2-c1ccc(-n2c3ccc(C(C)(C)C)cc3c3cc(C(C)(C)C)ccc32)c(-c2nc(-c3ccccc3)nc(-c3ccccc3)n2)c1.Clc1nc(-c2ccccc2)nc(-c2ccccc2)n1.Fc1ccc(F)c(-c2nc(-c3ccccc3)nc(-c3ccccc3)n2)c1.OB(O)c1cc(F)ccc1F.[K+]. The van der Waals surface area contributed by atoms with Crippen LogP contribution in [0.3, 0.4) is 0 Å². The third-order valence-electron chi connectivity index (χ3n) is 21.2. The molecule has 638 valence electrons. The predicted octanol–water partition coefficient (Wildman–Crippen LogP) is 22.1. The van der Waals surface area contributed by atoms with Gasteiger partial charge in [-0.3, -0.25) is 0 Å². The van der Waals surface area contributed by atoms with Crippen molar-refractivity contribution in [2.75, 3.05) is 0 Å². The number of nitrogens with zero attached hydrogens (tertiary/aromatic N) is 11. The van der Waals surface area contributed by atoms with Crippen molar-refractivity contribution in [1.82, 2.24) is 54.0 Å². The molecule has 0 unspecified atom stereocenters. The summed E-state index contributed by atoms with van der Waals surface area (Å²) in [5.74, 6) is 1.26. The fourth-order valence-electron chi connectivity index (χ4n) is 14.5. The fraction of sp³-hybridized carbons (Fsp3) is 0.187.